The van der Waals surface area contributed by atoms with Crippen LogP contribution in [-0.2, 0) is 4.79 Å². The Morgan fingerprint density at radius 1 is 1.44 bits per heavy atom. The summed E-state index contributed by atoms with van der Waals surface area (Å²) >= 11 is 0. The molecule has 2 atom stereocenters. The summed E-state index contributed by atoms with van der Waals surface area (Å²) in [6.07, 6.45) is 3.78. The molecule has 0 aromatic heterocycles. The van der Waals surface area contributed by atoms with Crippen LogP contribution in [0, 0.1) is 5.92 Å². The summed E-state index contributed by atoms with van der Waals surface area (Å²) in [7, 11) is 1.98. The number of carbonyl (C=O) groups excluding carboxylic acids is 1. The molecule has 0 bridgehead atoms. The fourth-order valence-corrected chi connectivity index (χ4v) is 1.73. The number of amides is 2. The van der Waals surface area contributed by atoms with Gasteiger partial charge in [0.2, 0.25) is 0 Å². The molecule has 0 aromatic carbocycles. The van der Waals surface area contributed by atoms with Gasteiger partial charge in [0.25, 0.3) is 0 Å². The second-order valence-corrected chi connectivity index (χ2v) is 4.47. The molecule has 0 spiro atoms. The number of carboxylic acids is 1. The molecule has 6 heteroatoms. The van der Waals surface area contributed by atoms with Crippen LogP contribution >= 0.6 is 0 Å². The number of likely N-dealkylation sites (N-methyl/N-ethyl adjacent to an activating group) is 1. The van der Waals surface area contributed by atoms with E-state index in [1.165, 1.54) is 0 Å². The highest BCUT2D eigenvalue weighted by molar-refractivity contribution is 5.76. The monoisotopic (exact) mass is 255 g/mol. The Kier molecular flexibility index (Phi) is 5.64. The minimum Gasteiger partial charge on any atom is -0.481 e. The summed E-state index contributed by atoms with van der Waals surface area (Å²) in [5, 5.41) is 14.3. The van der Waals surface area contributed by atoms with Gasteiger partial charge < -0.3 is 20.6 Å². The third kappa shape index (κ3) is 4.75. The lowest BCUT2D eigenvalue weighted by Gasteiger charge is -2.16. The molecule has 0 aromatic rings. The van der Waals surface area contributed by atoms with Gasteiger partial charge in [0.15, 0.2) is 0 Å². The lowest BCUT2D eigenvalue weighted by atomic mass is 10.1. The normalized spacial score (nSPS) is 22.2. The van der Waals surface area contributed by atoms with E-state index >= 15 is 0 Å². The molecule has 0 saturated heterocycles. The fraction of sp³-hybridized carbons (Fsp3) is 0.667. The average Bonchev–Trinajstić information content (AvgIpc) is 2.77. The second-order valence-electron chi connectivity index (χ2n) is 4.47. The van der Waals surface area contributed by atoms with Crippen molar-refractivity contribution in [3.8, 4) is 0 Å². The Balaban J connectivity index is 2.18. The maximum atomic E-state index is 11.5. The van der Waals surface area contributed by atoms with E-state index in [0.29, 0.717) is 13.0 Å². The van der Waals surface area contributed by atoms with Crippen molar-refractivity contribution < 1.29 is 14.7 Å². The second kappa shape index (κ2) is 7.00. The van der Waals surface area contributed by atoms with Crippen LogP contribution in [0.25, 0.3) is 0 Å². The first-order chi connectivity index (χ1) is 8.52. The van der Waals surface area contributed by atoms with Gasteiger partial charge in [0.05, 0.1) is 12.0 Å². The lowest BCUT2D eigenvalue weighted by Crippen LogP contribution is -2.43. The first-order valence-electron chi connectivity index (χ1n) is 6.17. The number of hydrogen-bond donors (Lipinski definition) is 3. The number of nitrogens with zero attached hydrogens (tertiary/aromatic N) is 1. The molecule has 6 nitrogen and oxygen atoms in total. The van der Waals surface area contributed by atoms with Crippen LogP contribution in [0.2, 0.25) is 0 Å². The van der Waals surface area contributed by atoms with Crippen LogP contribution in [-0.4, -0.2) is 54.7 Å². The van der Waals surface area contributed by atoms with Crippen LogP contribution in [0.15, 0.2) is 12.2 Å². The molecule has 102 valence electrons. The number of carboxylic acid groups (broad SMARTS) is 1. The zero-order chi connectivity index (χ0) is 13.5. The molecule has 1 aliphatic rings. The first-order valence-corrected chi connectivity index (χ1v) is 6.17. The van der Waals surface area contributed by atoms with Crippen molar-refractivity contribution in [2.75, 3.05) is 26.7 Å². The van der Waals surface area contributed by atoms with Gasteiger partial charge >= 0.3 is 12.0 Å². The zero-order valence-electron chi connectivity index (χ0n) is 10.8. The van der Waals surface area contributed by atoms with E-state index in [9.17, 15) is 9.59 Å². The summed E-state index contributed by atoms with van der Waals surface area (Å²) in [5.41, 5.74) is 0. The number of rotatable bonds is 6. The van der Waals surface area contributed by atoms with E-state index in [0.717, 1.165) is 13.1 Å². The molecule has 0 fully saturated rings. The predicted octanol–water partition coefficient (Wildman–Crippen LogP) is 0.267. The Labute approximate surface area is 107 Å². The van der Waals surface area contributed by atoms with E-state index in [2.05, 4.69) is 22.5 Å². The summed E-state index contributed by atoms with van der Waals surface area (Å²) in [6, 6.07) is -0.435. The minimum atomic E-state index is -0.847. The van der Waals surface area contributed by atoms with Crippen LogP contribution in [0.5, 0.6) is 0 Å². The van der Waals surface area contributed by atoms with Gasteiger partial charge in [-0.15, -0.1) is 0 Å². The zero-order valence-corrected chi connectivity index (χ0v) is 10.8. The van der Waals surface area contributed by atoms with Crippen molar-refractivity contribution in [3.05, 3.63) is 12.2 Å². The van der Waals surface area contributed by atoms with Crippen molar-refractivity contribution in [3.63, 3.8) is 0 Å². The molecular weight excluding hydrogens is 234 g/mol. The van der Waals surface area contributed by atoms with E-state index < -0.39 is 11.9 Å². The third-order valence-corrected chi connectivity index (χ3v) is 3.04. The highest BCUT2D eigenvalue weighted by atomic mass is 16.4. The number of carbonyl (C=O) groups is 2. The smallest absolute Gasteiger partial charge is 0.315 e. The van der Waals surface area contributed by atoms with E-state index in [1.54, 1.807) is 12.2 Å². The van der Waals surface area contributed by atoms with Crippen molar-refractivity contribution in [1.29, 1.82) is 0 Å². The van der Waals surface area contributed by atoms with Gasteiger partial charge in [-0.05, 0) is 20.0 Å². The summed E-state index contributed by atoms with van der Waals surface area (Å²) < 4.78 is 0. The van der Waals surface area contributed by atoms with Crippen LogP contribution in [0.1, 0.15) is 13.3 Å². The van der Waals surface area contributed by atoms with Gasteiger partial charge in [0.1, 0.15) is 0 Å². The van der Waals surface area contributed by atoms with Crippen molar-refractivity contribution in [2.24, 2.45) is 5.92 Å². The predicted molar refractivity (Wildman–Crippen MR) is 68.4 cm³/mol. The summed E-state index contributed by atoms with van der Waals surface area (Å²) in [4.78, 5) is 24.3. The van der Waals surface area contributed by atoms with Gasteiger partial charge in [-0.2, -0.15) is 0 Å². The summed E-state index contributed by atoms with van der Waals surface area (Å²) in [6.45, 7) is 4.36. The Bertz CT molecular complexity index is 331. The number of hydrogen-bond acceptors (Lipinski definition) is 3. The largest absolute Gasteiger partial charge is 0.481 e. The molecule has 0 aliphatic heterocycles. The minimum absolute atomic E-state index is 0.185. The van der Waals surface area contributed by atoms with Gasteiger partial charge in [-0.3, -0.25) is 4.79 Å². The number of urea groups is 1. The molecule has 2 unspecified atom stereocenters. The average molecular weight is 255 g/mol. The molecule has 1 rings (SSSR count). The molecule has 18 heavy (non-hydrogen) atoms. The first kappa shape index (κ1) is 14.5. The molecular formula is C12H21N3O3. The molecule has 0 saturated carbocycles. The Hall–Kier alpha value is -1.56. The maximum absolute atomic E-state index is 11.5. The van der Waals surface area contributed by atoms with Gasteiger partial charge in [-0.25, -0.2) is 4.79 Å². The third-order valence-electron chi connectivity index (χ3n) is 3.04. The van der Waals surface area contributed by atoms with Crippen LogP contribution in [0.3, 0.4) is 0 Å². The van der Waals surface area contributed by atoms with Crippen molar-refractivity contribution in [1.82, 2.24) is 15.5 Å². The molecule has 3 N–H and O–H groups in total. The Morgan fingerprint density at radius 2 is 2.17 bits per heavy atom. The van der Waals surface area contributed by atoms with Crippen molar-refractivity contribution in [2.45, 2.75) is 19.4 Å². The lowest BCUT2D eigenvalue weighted by molar-refractivity contribution is -0.140. The van der Waals surface area contributed by atoms with E-state index in [1.807, 2.05) is 7.05 Å². The summed E-state index contributed by atoms with van der Waals surface area (Å²) in [5.74, 6) is -1.33. The van der Waals surface area contributed by atoms with E-state index in [4.69, 9.17) is 5.11 Å². The fourth-order valence-electron chi connectivity index (χ4n) is 1.73. The number of nitrogens with one attached hydrogen (secondary N) is 2. The van der Waals surface area contributed by atoms with Crippen LogP contribution < -0.4 is 10.6 Å². The SMILES string of the molecule is CCN(C)CCNC(=O)NC1C=CC(C(=O)O)C1. The standard InChI is InChI=1S/C12H21N3O3/c1-3-15(2)7-6-13-12(18)14-10-5-4-9(8-10)11(16)17/h4-5,9-10H,3,6-8H2,1-2H3,(H,16,17)(H2,13,14,18). The highest BCUT2D eigenvalue weighted by Crippen LogP contribution is 2.17. The topological polar surface area (TPSA) is 81.7 Å². The van der Waals surface area contributed by atoms with Crippen molar-refractivity contribution >= 4 is 12.0 Å². The molecule has 1 aliphatic carbocycles. The quantitative estimate of drug-likeness (QED) is 0.595. The molecule has 2 amide bonds. The van der Waals surface area contributed by atoms with Gasteiger partial charge in [-0.1, -0.05) is 19.1 Å². The Morgan fingerprint density at radius 3 is 2.72 bits per heavy atom. The number of aliphatic carboxylic acids is 1. The van der Waals surface area contributed by atoms with E-state index in [-0.39, 0.29) is 12.1 Å². The maximum Gasteiger partial charge on any atom is 0.315 e. The molecule has 0 heterocycles. The van der Waals surface area contributed by atoms with Crippen LogP contribution in [0.4, 0.5) is 4.79 Å². The molecule has 0 radical (unpaired) electrons. The highest BCUT2D eigenvalue weighted by Gasteiger charge is 2.25. The van der Waals surface area contributed by atoms with Gasteiger partial charge in [0, 0.05) is 13.1 Å².